The zero-order chi connectivity index (χ0) is 23.5. The van der Waals surface area contributed by atoms with Gasteiger partial charge < -0.3 is 9.30 Å². The summed E-state index contributed by atoms with van der Waals surface area (Å²) in [6.45, 7) is 4.72. The van der Waals surface area contributed by atoms with Gasteiger partial charge in [-0.3, -0.25) is 14.9 Å². The van der Waals surface area contributed by atoms with E-state index in [1.807, 2.05) is 54.9 Å². The molecule has 1 N–H and O–H groups in total. The van der Waals surface area contributed by atoms with Gasteiger partial charge in [-0.05, 0) is 67.4 Å². The molecule has 0 bridgehead atoms. The van der Waals surface area contributed by atoms with Crippen molar-refractivity contribution in [1.82, 2.24) is 9.88 Å². The van der Waals surface area contributed by atoms with E-state index in [4.69, 9.17) is 16.3 Å². The summed E-state index contributed by atoms with van der Waals surface area (Å²) in [5.74, 6) is -0.689. The van der Waals surface area contributed by atoms with E-state index in [1.54, 1.807) is 18.2 Å². The number of carbonyl (C=O) groups excluding carboxylic acids is 3. The number of carbonyl (C=O) groups is 3. The van der Waals surface area contributed by atoms with Crippen LogP contribution in [0.3, 0.4) is 0 Å². The van der Waals surface area contributed by atoms with E-state index in [9.17, 15) is 14.4 Å². The average Bonchev–Trinajstić information content (AvgIpc) is 3.20. The predicted octanol–water partition coefficient (Wildman–Crippen LogP) is 4.50. The lowest BCUT2D eigenvalue weighted by atomic mass is 10.1. The van der Waals surface area contributed by atoms with E-state index >= 15 is 0 Å². The zero-order valence-corrected chi connectivity index (χ0v) is 18.9. The third kappa shape index (κ3) is 4.83. The van der Waals surface area contributed by atoms with Crippen molar-refractivity contribution in [3.8, 4) is 5.75 Å². The largest absolute Gasteiger partial charge is 0.492 e. The van der Waals surface area contributed by atoms with E-state index in [1.165, 1.54) is 12.1 Å². The van der Waals surface area contributed by atoms with Crippen molar-refractivity contribution in [1.29, 1.82) is 0 Å². The molecule has 0 atom stereocenters. The number of aromatic nitrogens is 1. The number of imide groups is 2. The number of hydrogen-bond donors (Lipinski definition) is 1. The number of rotatable bonds is 6. The van der Waals surface area contributed by atoms with Crippen LogP contribution >= 0.6 is 11.6 Å². The highest BCUT2D eigenvalue weighted by molar-refractivity contribution is 6.39. The van der Waals surface area contributed by atoms with Gasteiger partial charge in [-0.25, -0.2) is 9.69 Å². The van der Waals surface area contributed by atoms with E-state index in [-0.39, 0.29) is 11.3 Å². The van der Waals surface area contributed by atoms with Gasteiger partial charge in [0.15, 0.2) is 0 Å². The molecule has 1 saturated heterocycles. The van der Waals surface area contributed by atoms with Crippen LogP contribution in [0.25, 0.3) is 6.08 Å². The molecule has 168 valence electrons. The average molecular weight is 464 g/mol. The summed E-state index contributed by atoms with van der Waals surface area (Å²) in [6.07, 6.45) is 3.31. The zero-order valence-electron chi connectivity index (χ0n) is 18.2. The molecule has 1 aliphatic heterocycles. The van der Waals surface area contributed by atoms with E-state index in [0.717, 1.165) is 21.8 Å². The molecule has 2 heterocycles. The maximum Gasteiger partial charge on any atom is 0.335 e. The minimum Gasteiger partial charge on any atom is -0.492 e. The minimum atomic E-state index is -0.816. The van der Waals surface area contributed by atoms with Crippen LogP contribution in [0.2, 0.25) is 5.02 Å². The van der Waals surface area contributed by atoms with Crippen LogP contribution in [0.4, 0.5) is 10.5 Å². The Labute approximate surface area is 196 Å². The molecule has 1 aromatic heterocycles. The normalized spacial score (nSPS) is 15.2. The van der Waals surface area contributed by atoms with Gasteiger partial charge in [0, 0.05) is 16.9 Å². The first-order valence-corrected chi connectivity index (χ1v) is 10.7. The molecule has 7 nitrogen and oxygen atoms in total. The summed E-state index contributed by atoms with van der Waals surface area (Å²) < 4.78 is 7.67. The molecule has 4 rings (SSSR count). The summed E-state index contributed by atoms with van der Waals surface area (Å²) >= 11 is 6.16. The van der Waals surface area contributed by atoms with E-state index in [0.29, 0.717) is 23.9 Å². The molecule has 1 aliphatic rings. The van der Waals surface area contributed by atoms with Gasteiger partial charge in [-0.2, -0.15) is 0 Å². The van der Waals surface area contributed by atoms with Gasteiger partial charge in [-0.1, -0.05) is 29.8 Å². The van der Waals surface area contributed by atoms with Crippen molar-refractivity contribution in [3.63, 3.8) is 0 Å². The Hall–Kier alpha value is -3.84. The Morgan fingerprint density at radius 1 is 1.03 bits per heavy atom. The van der Waals surface area contributed by atoms with Crippen molar-refractivity contribution >= 4 is 41.2 Å². The molecule has 0 unspecified atom stereocenters. The lowest BCUT2D eigenvalue weighted by Crippen LogP contribution is -2.54. The first-order valence-electron chi connectivity index (χ1n) is 10.4. The van der Waals surface area contributed by atoms with Gasteiger partial charge in [0.05, 0.1) is 12.2 Å². The fourth-order valence-electron chi connectivity index (χ4n) is 3.49. The quantitative estimate of drug-likeness (QED) is 0.431. The van der Waals surface area contributed by atoms with Crippen LogP contribution in [0.5, 0.6) is 5.75 Å². The molecule has 2 aromatic carbocycles. The third-order valence-corrected chi connectivity index (χ3v) is 5.67. The number of anilines is 1. The first-order chi connectivity index (χ1) is 15.8. The van der Waals surface area contributed by atoms with Crippen molar-refractivity contribution in [2.24, 2.45) is 0 Å². The Morgan fingerprint density at radius 3 is 2.61 bits per heavy atom. The number of ether oxygens (including phenoxy) is 1. The number of nitrogens with zero attached hydrogens (tertiary/aromatic N) is 2. The molecule has 4 amide bonds. The topological polar surface area (TPSA) is 80.6 Å². The summed E-state index contributed by atoms with van der Waals surface area (Å²) in [7, 11) is 0. The molecular formula is C25H22ClN3O4. The summed E-state index contributed by atoms with van der Waals surface area (Å²) in [4.78, 5) is 38.9. The second-order valence-corrected chi connectivity index (χ2v) is 8.09. The summed E-state index contributed by atoms with van der Waals surface area (Å²) in [5, 5.41) is 2.64. The Morgan fingerprint density at radius 2 is 1.85 bits per heavy atom. The first kappa shape index (κ1) is 22.4. The minimum absolute atomic E-state index is 0.147. The Balaban J connectivity index is 1.55. The predicted molar refractivity (Wildman–Crippen MR) is 126 cm³/mol. The molecule has 3 aromatic rings. The van der Waals surface area contributed by atoms with E-state index < -0.39 is 17.8 Å². The monoisotopic (exact) mass is 463 g/mol. The Kier molecular flexibility index (Phi) is 6.33. The van der Waals surface area contributed by atoms with Crippen LogP contribution in [0.1, 0.15) is 16.8 Å². The molecule has 0 saturated carbocycles. The number of halogens is 1. The molecule has 0 aliphatic carbocycles. The van der Waals surface area contributed by atoms with Crippen LogP contribution < -0.4 is 15.0 Å². The highest BCUT2D eigenvalue weighted by Gasteiger charge is 2.37. The van der Waals surface area contributed by atoms with Crippen LogP contribution in [0.15, 0.2) is 66.4 Å². The van der Waals surface area contributed by atoms with Gasteiger partial charge in [-0.15, -0.1) is 0 Å². The molecule has 0 spiro atoms. The van der Waals surface area contributed by atoms with E-state index in [2.05, 4.69) is 5.32 Å². The smallest absolute Gasteiger partial charge is 0.335 e. The number of barbiturate groups is 1. The molecular weight excluding hydrogens is 442 g/mol. The molecule has 33 heavy (non-hydrogen) atoms. The number of nitrogens with one attached hydrogen (secondary N) is 1. The fourth-order valence-corrected chi connectivity index (χ4v) is 3.66. The summed E-state index contributed by atoms with van der Waals surface area (Å²) in [5.41, 5.74) is 2.69. The molecule has 8 heteroatoms. The van der Waals surface area contributed by atoms with Gasteiger partial charge >= 0.3 is 6.03 Å². The van der Waals surface area contributed by atoms with Crippen LogP contribution in [-0.4, -0.2) is 29.0 Å². The van der Waals surface area contributed by atoms with Crippen molar-refractivity contribution in [2.75, 3.05) is 11.5 Å². The molecule has 0 radical (unpaired) electrons. The number of urea groups is 1. The van der Waals surface area contributed by atoms with Crippen molar-refractivity contribution < 1.29 is 19.1 Å². The number of hydrogen-bond acceptors (Lipinski definition) is 4. The standard InChI is InChI=1S/C25H22ClN3O4/c1-16-5-3-7-20(13-16)33-12-11-28-10-4-6-18(28)14-21-23(30)27-25(32)29(24(21)31)19-9-8-17(2)22(26)15-19/h3-10,13-15H,11-12H2,1-2H3,(H,27,30,32). The van der Waals surface area contributed by atoms with Crippen molar-refractivity contribution in [3.05, 3.63) is 88.2 Å². The van der Waals surface area contributed by atoms with Gasteiger partial charge in [0.25, 0.3) is 11.8 Å². The van der Waals surface area contributed by atoms with Crippen molar-refractivity contribution in [2.45, 2.75) is 20.4 Å². The van der Waals surface area contributed by atoms with Crippen LogP contribution in [-0.2, 0) is 16.1 Å². The number of benzene rings is 2. The SMILES string of the molecule is Cc1cccc(OCCn2cccc2C=C2C(=O)NC(=O)N(c3ccc(C)c(Cl)c3)C2=O)c1. The highest BCUT2D eigenvalue weighted by Crippen LogP contribution is 2.26. The third-order valence-electron chi connectivity index (χ3n) is 5.26. The Bertz CT molecular complexity index is 1280. The summed E-state index contributed by atoms with van der Waals surface area (Å²) in [6, 6.07) is 15.4. The van der Waals surface area contributed by atoms with Crippen LogP contribution in [0, 0.1) is 13.8 Å². The second-order valence-electron chi connectivity index (χ2n) is 7.68. The maximum atomic E-state index is 13.1. The number of aryl methyl sites for hydroxylation is 2. The highest BCUT2D eigenvalue weighted by atomic mass is 35.5. The second kappa shape index (κ2) is 9.34. The lowest BCUT2D eigenvalue weighted by Gasteiger charge is -2.26. The maximum absolute atomic E-state index is 13.1. The lowest BCUT2D eigenvalue weighted by molar-refractivity contribution is -0.122. The van der Waals surface area contributed by atoms with Gasteiger partial charge in [0.2, 0.25) is 0 Å². The molecule has 1 fully saturated rings. The fraction of sp³-hybridized carbons (Fsp3) is 0.160. The van der Waals surface area contributed by atoms with Gasteiger partial charge in [0.1, 0.15) is 17.9 Å². The number of amides is 4.